The predicted molar refractivity (Wildman–Crippen MR) is 88.2 cm³/mol. The average molecular weight is 322 g/mol. The fourth-order valence-electron chi connectivity index (χ4n) is 3.92. The van der Waals surface area contributed by atoms with Crippen LogP contribution in [-0.4, -0.2) is 35.0 Å². The van der Waals surface area contributed by atoms with E-state index in [1.165, 1.54) is 43.4 Å². The van der Waals surface area contributed by atoms with Gasteiger partial charge in [0, 0.05) is 24.6 Å². The summed E-state index contributed by atoms with van der Waals surface area (Å²) < 4.78 is 5.57. The van der Waals surface area contributed by atoms with Gasteiger partial charge in [0.05, 0.1) is 0 Å². The Morgan fingerprint density at radius 3 is 2.91 bits per heavy atom. The number of likely N-dealkylation sites (tertiary alicyclic amines) is 1. The normalized spacial score (nSPS) is 24.1. The molecule has 0 spiro atoms. The quantitative estimate of drug-likeness (QED) is 0.822. The van der Waals surface area contributed by atoms with Gasteiger partial charge in [0.25, 0.3) is 5.91 Å². The molecule has 1 aromatic rings. The molecule has 1 aliphatic heterocycles. The summed E-state index contributed by atoms with van der Waals surface area (Å²) in [5.74, 6) is 0.840. The van der Waals surface area contributed by atoms with Crippen molar-refractivity contribution in [2.75, 3.05) is 13.2 Å². The summed E-state index contributed by atoms with van der Waals surface area (Å²) in [6, 6.07) is 0.449. The van der Waals surface area contributed by atoms with E-state index in [4.69, 9.17) is 4.74 Å². The van der Waals surface area contributed by atoms with E-state index in [2.05, 4.69) is 9.88 Å². The van der Waals surface area contributed by atoms with E-state index >= 15 is 0 Å². The number of aromatic nitrogens is 1. The van der Waals surface area contributed by atoms with Gasteiger partial charge >= 0.3 is 0 Å². The number of rotatable bonds is 5. The SMILES string of the molecule is CCO[C@@H](C)c1nc(C(=O)N2CCC[C@@H]2C2CCCC2)cs1. The van der Waals surface area contributed by atoms with Crippen LogP contribution in [0.3, 0.4) is 0 Å². The molecule has 1 saturated carbocycles. The van der Waals surface area contributed by atoms with E-state index < -0.39 is 0 Å². The third-order valence-electron chi connectivity index (χ3n) is 5.01. The van der Waals surface area contributed by atoms with E-state index in [-0.39, 0.29) is 12.0 Å². The van der Waals surface area contributed by atoms with Crippen LogP contribution < -0.4 is 0 Å². The van der Waals surface area contributed by atoms with Gasteiger partial charge in [-0.05, 0) is 45.4 Å². The third kappa shape index (κ3) is 3.20. The minimum Gasteiger partial charge on any atom is -0.372 e. The smallest absolute Gasteiger partial charge is 0.273 e. The molecule has 0 radical (unpaired) electrons. The Kier molecular flexibility index (Phi) is 5.14. The van der Waals surface area contributed by atoms with Gasteiger partial charge in [-0.25, -0.2) is 4.98 Å². The fraction of sp³-hybridized carbons (Fsp3) is 0.765. The summed E-state index contributed by atoms with van der Waals surface area (Å²) >= 11 is 1.53. The standard InChI is InChI=1S/C17H26N2O2S/c1-3-21-12(2)16-18-14(11-22-16)17(20)19-10-6-9-15(19)13-7-4-5-8-13/h11-13,15H,3-10H2,1-2H3/t12-,15+/m0/s1. The molecule has 2 aliphatic rings. The molecular weight excluding hydrogens is 296 g/mol. The summed E-state index contributed by atoms with van der Waals surface area (Å²) in [4.78, 5) is 19.5. The Morgan fingerprint density at radius 2 is 2.18 bits per heavy atom. The van der Waals surface area contributed by atoms with E-state index in [0.29, 0.717) is 24.3 Å². The van der Waals surface area contributed by atoms with Crippen LogP contribution in [0.25, 0.3) is 0 Å². The van der Waals surface area contributed by atoms with Crippen LogP contribution in [0, 0.1) is 5.92 Å². The number of thiazole rings is 1. The second-order valence-corrected chi connectivity index (χ2v) is 7.31. The van der Waals surface area contributed by atoms with Crippen molar-refractivity contribution in [3.05, 3.63) is 16.1 Å². The van der Waals surface area contributed by atoms with Gasteiger partial charge in [0.1, 0.15) is 16.8 Å². The van der Waals surface area contributed by atoms with Crippen molar-refractivity contribution in [2.45, 2.75) is 64.5 Å². The van der Waals surface area contributed by atoms with Crippen molar-refractivity contribution >= 4 is 17.2 Å². The zero-order valence-electron chi connectivity index (χ0n) is 13.6. The Morgan fingerprint density at radius 1 is 1.41 bits per heavy atom. The summed E-state index contributed by atoms with van der Waals surface area (Å²) in [6.07, 6.45) is 7.52. The van der Waals surface area contributed by atoms with Gasteiger partial charge in [-0.15, -0.1) is 11.3 Å². The number of carbonyl (C=O) groups excluding carboxylic acids is 1. The molecule has 4 nitrogen and oxygen atoms in total. The molecule has 122 valence electrons. The Labute approximate surface area is 136 Å². The van der Waals surface area contributed by atoms with Crippen LogP contribution in [-0.2, 0) is 4.74 Å². The number of amides is 1. The van der Waals surface area contributed by atoms with Gasteiger partial charge in [-0.1, -0.05) is 12.8 Å². The van der Waals surface area contributed by atoms with Crippen molar-refractivity contribution in [3.8, 4) is 0 Å². The Balaban J connectivity index is 1.70. The minimum atomic E-state index is -0.0271. The molecule has 2 heterocycles. The lowest BCUT2D eigenvalue weighted by molar-refractivity contribution is 0.0676. The largest absolute Gasteiger partial charge is 0.372 e. The number of ether oxygens (including phenoxy) is 1. The first-order valence-electron chi connectivity index (χ1n) is 8.58. The number of nitrogens with zero attached hydrogens (tertiary/aromatic N) is 2. The second-order valence-electron chi connectivity index (χ2n) is 6.42. The monoisotopic (exact) mass is 322 g/mol. The highest BCUT2D eigenvalue weighted by molar-refractivity contribution is 7.09. The second kappa shape index (κ2) is 7.09. The molecule has 0 bridgehead atoms. The van der Waals surface area contributed by atoms with Crippen LogP contribution in [0.15, 0.2) is 5.38 Å². The number of hydrogen-bond acceptors (Lipinski definition) is 4. The molecule has 0 unspecified atom stereocenters. The van der Waals surface area contributed by atoms with Crippen LogP contribution in [0.4, 0.5) is 0 Å². The maximum Gasteiger partial charge on any atom is 0.273 e. The van der Waals surface area contributed by atoms with Crippen LogP contribution in [0.1, 0.15) is 74.0 Å². The fourth-order valence-corrected chi connectivity index (χ4v) is 4.71. The Bertz CT molecular complexity index is 511. The van der Waals surface area contributed by atoms with Crippen LogP contribution >= 0.6 is 11.3 Å². The van der Waals surface area contributed by atoms with E-state index in [1.54, 1.807) is 0 Å². The first-order valence-corrected chi connectivity index (χ1v) is 9.46. The lowest BCUT2D eigenvalue weighted by Gasteiger charge is -2.28. The molecule has 0 aromatic carbocycles. The molecule has 1 amide bonds. The van der Waals surface area contributed by atoms with E-state index in [1.807, 2.05) is 19.2 Å². The number of hydrogen-bond donors (Lipinski definition) is 0. The highest BCUT2D eigenvalue weighted by atomic mass is 32.1. The topological polar surface area (TPSA) is 42.4 Å². The summed E-state index contributed by atoms with van der Waals surface area (Å²) in [5.41, 5.74) is 0.608. The molecule has 1 aliphatic carbocycles. The summed E-state index contributed by atoms with van der Waals surface area (Å²) in [7, 11) is 0. The van der Waals surface area contributed by atoms with Crippen LogP contribution in [0.5, 0.6) is 0 Å². The summed E-state index contributed by atoms with van der Waals surface area (Å²) in [5, 5.41) is 2.80. The first-order chi connectivity index (χ1) is 10.7. The van der Waals surface area contributed by atoms with Gasteiger partial charge in [0.15, 0.2) is 0 Å². The maximum absolute atomic E-state index is 12.8. The minimum absolute atomic E-state index is 0.0271. The van der Waals surface area contributed by atoms with Crippen LogP contribution in [0.2, 0.25) is 0 Å². The lowest BCUT2D eigenvalue weighted by atomic mass is 9.96. The van der Waals surface area contributed by atoms with Gasteiger partial charge in [0.2, 0.25) is 0 Å². The summed E-state index contributed by atoms with van der Waals surface area (Å²) in [6.45, 7) is 5.54. The lowest BCUT2D eigenvalue weighted by Crippen LogP contribution is -2.39. The number of carbonyl (C=O) groups is 1. The van der Waals surface area contributed by atoms with Crippen molar-refractivity contribution in [3.63, 3.8) is 0 Å². The highest BCUT2D eigenvalue weighted by Crippen LogP contribution is 2.36. The van der Waals surface area contributed by atoms with E-state index in [9.17, 15) is 4.79 Å². The highest BCUT2D eigenvalue weighted by Gasteiger charge is 2.36. The molecule has 22 heavy (non-hydrogen) atoms. The molecule has 2 fully saturated rings. The zero-order valence-corrected chi connectivity index (χ0v) is 14.4. The van der Waals surface area contributed by atoms with Crippen molar-refractivity contribution < 1.29 is 9.53 Å². The third-order valence-corrected chi connectivity index (χ3v) is 6.02. The molecule has 1 aromatic heterocycles. The van der Waals surface area contributed by atoms with Gasteiger partial charge in [-0.2, -0.15) is 0 Å². The molecule has 3 rings (SSSR count). The zero-order chi connectivity index (χ0) is 15.5. The van der Waals surface area contributed by atoms with Crippen molar-refractivity contribution in [1.82, 2.24) is 9.88 Å². The molecular formula is C17H26N2O2S. The first kappa shape index (κ1) is 15.9. The molecule has 2 atom stereocenters. The van der Waals surface area contributed by atoms with Gasteiger partial charge in [-0.3, -0.25) is 4.79 Å². The van der Waals surface area contributed by atoms with Crippen molar-refractivity contribution in [1.29, 1.82) is 0 Å². The Hall–Kier alpha value is -0.940. The molecule has 5 heteroatoms. The van der Waals surface area contributed by atoms with E-state index in [0.717, 1.165) is 18.0 Å². The van der Waals surface area contributed by atoms with Gasteiger partial charge < -0.3 is 9.64 Å². The maximum atomic E-state index is 12.8. The molecule has 1 saturated heterocycles. The molecule has 0 N–H and O–H groups in total. The predicted octanol–water partition coefficient (Wildman–Crippen LogP) is 4.04. The average Bonchev–Trinajstić information content (AvgIpc) is 3.25. The van der Waals surface area contributed by atoms with Crippen molar-refractivity contribution in [2.24, 2.45) is 5.92 Å².